The van der Waals surface area contributed by atoms with E-state index in [9.17, 15) is 23.3 Å². The predicted octanol–water partition coefficient (Wildman–Crippen LogP) is 8.62. The van der Waals surface area contributed by atoms with Crippen LogP contribution in [0.25, 0.3) is 11.0 Å². The number of sulfonamides is 1. The van der Waals surface area contributed by atoms with Crippen LogP contribution in [0.2, 0.25) is 0 Å². The monoisotopic (exact) mass is 1010 g/mol. The first-order valence-corrected chi connectivity index (χ1v) is 26.1. The van der Waals surface area contributed by atoms with E-state index >= 15 is 8.78 Å². The number of hydrogen-bond acceptors (Lipinski definition) is 13. The van der Waals surface area contributed by atoms with E-state index in [1.165, 1.54) is 29.0 Å². The molecule has 1 aliphatic carbocycles. The number of amides is 1. The summed E-state index contributed by atoms with van der Waals surface area (Å²) in [7, 11) is -2.83. The van der Waals surface area contributed by atoms with Crippen molar-refractivity contribution in [2.24, 2.45) is 12.5 Å². The molecule has 6 aromatic rings. The van der Waals surface area contributed by atoms with Gasteiger partial charge in [-0.15, -0.1) is 0 Å². The second kappa shape index (κ2) is 19.8. The molecular formula is C52H60F2N10O7S. The van der Waals surface area contributed by atoms with Crippen LogP contribution in [0.1, 0.15) is 91.4 Å². The number of anilines is 2. The largest absolute Gasteiger partial charge is 0.455 e. The van der Waals surface area contributed by atoms with Crippen molar-refractivity contribution < 1.29 is 36.4 Å². The molecule has 10 rings (SSSR count). The molecule has 3 aromatic carbocycles. The highest BCUT2D eigenvalue weighted by atomic mass is 32.2. The summed E-state index contributed by atoms with van der Waals surface area (Å²) in [5.41, 5.74) is 2.03. The molecule has 3 N–H and O–H groups in total. The van der Waals surface area contributed by atoms with Crippen molar-refractivity contribution in [2.45, 2.75) is 87.5 Å². The highest BCUT2D eigenvalue weighted by molar-refractivity contribution is 7.90. The summed E-state index contributed by atoms with van der Waals surface area (Å²) in [5.74, 6) is -1.48. The predicted molar refractivity (Wildman–Crippen MR) is 268 cm³/mol. The van der Waals surface area contributed by atoms with Gasteiger partial charge in [0.15, 0.2) is 0 Å². The smallest absolute Gasteiger partial charge is 0.293 e. The third-order valence-electron chi connectivity index (χ3n) is 15.2. The van der Waals surface area contributed by atoms with Gasteiger partial charge < -0.3 is 24.7 Å². The van der Waals surface area contributed by atoms with Crippen molar-refractivity contribution in [3.05, 3.63) is 130 Å². The fourth-order valence-corrected chi connectivity index (χ4v) is 12.2. The summed E-state index contributed by atoms with van der Waals surface area (Å²) < 4.78 is 74.7. The van der Waals surface area contributed by atoms with Crippen molar-refractivity contribution >= 4 is 44.0 Å². The van der Waals surface area contributed by atoms with Gasteiger partial charge in [-0.05, 0) is 78.5 Å². The number of H-pyrrole nitrogens is 1. The Balaban J connectivity index is 0.856. The van der Waals surface area contributed by atoms with Crippen molar-refractivity contribution in [3.63, 3.8) is 0 Å². The normalized spacial score (nSPS) is 19.6. The summed E-state index contributed by atoms with van der Waals surface area (Å²) in [6.45, 7) is 9.47. The summed E-state index contributed by atoms with van der Waals surface area (Å²) in [4.78, 5) is 39.4. The van der Waals surface area contributed by atoms with E-state index in [1.807, 2.05) is 27.5 Å². The maximum absolute atomic E-state index is 16.5. The number of ether oxygens (including phenoxy) is 2. The second-order valence-corrected chi connectivity index (χ2v) is 22.0. The lowest BCUT2D eigenvalue weighted by atomic mass is 9.59. The summed E-state index contributed by atoms with van der Waals surface area (Å²) >= 11 is 0. The molecule has 1 saturated carbocycles. The molecule has 4 fully saturated rings. The van der Waals surface area contributed by atoms with Crippen LogP contribution in [0.4, 0.5) is 25.8 Å². The molecular weight excluding hydrogens is 947 g/mol. The topological polar surface area (TPSA) is 193 Å². The van der Waals surface area contributed by atoms with Crippen LogP contribution >= 0.6 is 0 Å². The maximum atomic E-state index is 16.5. The van der Waals surface area contributed by atoms with Crippen molar-refractivity contribution in [1.82, 2.24) is 34.3 Å². The number of fused-ring (bicyclic) bond motifs is 1. The standard InChI is InChI=1S/C52H60F2N10O7S/c1-34(2)40-6-4-5-7-41(40)47-32-61(31-35-28-58-60(3)30-35)18-19-63(47)37-26-51(27-37)11-16-62(17-12-51)45-25-48(71-38-22-36-10-15-55-49(36)56-29-38)42(24-43(45)53)50(65)59-72(68,69)39-8-9-44(46(23-39)64(66)67)57-33-52(54)13-20-70-21-14-52/h4-10,15,22-25,28-30,34,37,47,57H,11-14,16-21,26-27,31-33H2,1-3H3,(H,55,56)(H,59,65)/t47-/m0/s1. The Morgan fingerprint density at radius 2 is 1.79 bits per heavy atom. The minimum atomic E-state index is -4.78. The lowest BCUT2D eigenvalue weighted by Crippen LogP contribution is -2.60. The van der Waals surface area contributed by atoms with Gasteiger partial charge >= 0.3 is 0 Å². The zero-order valence-electron chi connectivity index (χ0n) is 40.7. The molecule has 3 aromatic heterocycles. The van der Waals surface area contributed by atoms with Gasteiger partial charge in [0.25, 0.3) is 21.6 Å². The molecule has 20 heteroatoms. The molecule has 1 spiro atoms. The quantitative estimate of drug-likeness (QED) is 0.0655. The molecule has 380 valence electrons. The molecule has 0 bridgehead atoms. The fourth-order valence-electron chi connectivity index (χ4n) is 11.2. The van der Waals surface area contributed by atoms with Crippen LogP contribution in [0.15, 0.2) is 96.4 Å². The number of nitro benzene ring substituents is 1. The number of nitrogens with zero attached hydrogens (tertiary/aromatic N) is 7. The third-order valence-corrected chi connectivity index (χ3v) is 16.5. The van der Waals surface area contributed by atoms with Crippen LogP contribution in [0.3, 0.4) is 0 Å². The number of aryl methyl sites for hydroxylation is 1. The number of piperazine rings is 1. The van der Waals surface area contributed by atoms with E-state index in [2.05, 4.69) is 74.5 Å². The minimum Gasteiger partial charge on any atom is -0.455 e. The van der Waals surface area contributed by atoms with Crippen molar-refractivity contribution in [3.8, 4) is 11.5 Å². The molecule has 3 aliphatic heterocycles. The highest BCUT2D eigenvalue weighted by Crippen LogP contribution is 2.53. The summed E-state index contributed by atoms with van der Waals surface area (Å²) in [6, 6.07) is 18.4. The third kappa shape index (κ3) is 10.3. The van der Waals surface area contributed by atoms with E-state index in [1.54, 1.807) is 18.3 Å². The highest BCUT2D eigenvalue weighted by Gasteiger charge is 2.50. The average Bonchev–Trinajstić information content (AvgIpc) is 4.01. The van der Waals surface area contributed by atoms with Gasteiger partial charge in [0.1, 0.15) is 34.3 Å². The average molecular weight is 1010 g/mol. The second-order valence-electron chi connectivity index (χ2n) is 20.3. The van der Waals surface area contributed by atoms with Crippen LogP contribution in [0, 0.1) is 21.3 Å². The van der Waals surface area contributed by atoms with E-state index in [0.717, 1.165) is 76.1 Å². The van der Waals surface area contributed by atoms with Crippen molar-refractivity contribution in [2.75, 3.05) is 62.7 Å². The number of hydrogen-bond donors (Lipinski definition) is 3. The number of benzene rings is 3. The van der Waals surface area contributed by atoms with Crippen LogP contribution in [-0.4, -0.2) is 113 Å². The van der Waals surface area contributed by atoms with Gasteiger partial charge in [-0.25, -0.2) is 26.9 Å². The van der Waals surface area contributed by atoms with Gasteiger partial charge in [0.2, 0.25) is 0 Å². The van der Waals surface area contributed by atoms with E-state index in [4.69, 9.17) is 9.47 Å². The van der Waals surface area contributed by atoms with Crippen LogP contribution in [-0.2, 0) is 28.4 Å². The first-order valence-electron chi connectivity index (χ1n) is 24.6. The van der Waals surface area contributed by atoms with Gasteiger partial charge in [-0.1, -0.05) is 38.1 Å². The number of rotatable bonds is 15. The zero-order valence-corrected chi connectivity index (χ0v) is 41.5. The molecule has 0 unspecified atom stereocenters. The zero-order chi connectivity index (χ0) is 50.4. The van der Waals surface area contributed by atoms with E-state index < -0.39 is 48.5 Å². The SMILES string of the molecule is CC(C)c1ccccc1[C@@H]1CN(Cc2cnn(C)c2)CCN1C1CC2(CCN(c3cc(Oc4cnc5[nH]ccc5c4)c(C(=O)NS(=O)(=O)c4ccc(NCC5(F)CCOCC5)c([N+](=O)[O-])c4)cc3F)CC2)C1. The van der Waals surface area contributed by atoms with Crippen molar-refractivity contribution in [1.29, 1.82) is 0 Å². The number of carbonyl (C=O) groups is 1. The minimum absolute atomic E-state index is 0.0965. The van der Waals surface area contributed by atoms with E-state index in [-0.39, 0.29) is 66.9 Å². The lowest BCUT2D eigenvalue weighted by Gasteiger charge is -2.58. The number of carbonyl (C=O) groups excluding carboxylic acids is 1. The summed E-state index contributed by atoms with van der Waals surface area (Å²) in [5, 5.41) is 20.0. The van der Waals surface area contributed by atoms with Gasteiger partial charge in [0.05, 0.1) is 33.5 Å². The lowest BCUT2D eigenvalue weighted by molar-refractivity contribution is -0.384. The number of nitro groups is 1. The van der Waals surface area contributed by atoms with E-state index in [0.29, 0.717) is 36.1 Å². The van der Waals surface area contributed by atoms with Crippen LogP contribution in [0.5, 0.6) is 11.5 Å². The molecule has 6 heterocycles. The number of piperidine rings is 1. The van der Waals surface area contributed by atoms with Gasteiger partial charge in [0, 0.05) is 126 Å². The summed E-state index contributed by atoms with van der Waals surface area (Å²) in [6.07, 6.45) is 11.1. The Hall–Kier alpha value is -6.48. The molecule has 3 saturated heterocycles. The molecule has 72 heavy (non-hydrogen) atoms. The van der Waals surface area contributed by atoms with Gasteiger partial charge in [-0.3, -0.25) is 29.4 Å². The fraction of sp³-hybridized carbons (Fsp3) is 0.442. The Bertz CT molecular complexity index is 3090. The number of aromatic nitrogens is 4. The Kier molecular flexibility index (Phi) is 13.5. The maximum Gasteiger partial charge on any atom is 0.293 e. The first kappa shape index (κ1) is 49.1. The Morgan fingerprint density at radius 1 is 1.01 bits per heavy atom. The molecule has 0 radical (unpaired) electrons. The number of pyridine rings is 1. The number of alkyl halides is 1. The number of nitrogens with one attached hydrogen (secondary N) is 3. The Morgan fingerprint density at radius 3 is 2.53 bits per heavy atom. The molecule has 4 aliphatic rings. The number of aromatic amines is 1. The molecule has 17 nitrogen and oxygen atoms in total. The Labute approximate surface area is 417 Å². The first-order chi connectivity index (χ1) is 34.5. The molecule has 1 amide bonds. The number of halogens is 2. The van der Waals surface area contributed by atoms with Gasteiger partial charge in [-0.2, -0.15) is 5.10 Å². The molecule has 1 atom stereocenters. The van der Waals surface area contributed by atoms with Crippen LogP contribution < -0.4 is 19.7 Å².